The van der Waals surface area contributed by atoms with E-state index in [4.69, 9.17) is 28.4 Å². The Kier molecular flexibility index (Phi) is 6.36. The molecule has 5 rings (SSSR count). The van der Waals surface area contributed by atoms with Crippen molar-refractivity contribution in [1.29, 1.82) is 0 Å². The number of fused-ring (bicyclic) bond motifs is 1. The van der Waals surface area contributed by atoms with Crippen molar-refractivity contribution in [3.8, 4) is 28.7 Å². The standard InChI is InChI=1S/C26H27NO9/c1-31-17-7-6-14(9-18(17)32-2)23(28)21-22(15-10-19(33-3)25-20(11-15)35-13-36-25)27(26(30)24(21)29)12-16-5-4-8-34-16/h6-7,9-11,16,22,28H,4-5,8,12-13H2,1-3H3/t16-,22-/m0/s1. The number of carbonyl (C=O) groups is 2. The summed E-state index contributed by atoms with van der Waals surface area (Å²) in [5.41, 5.74) is 0.793. The lowest BCUT2D eigenvalue weighted by atomic mass is 9.94. The molecule has 0 unspecified atom stereocenters. The maximum absolute atomic E-state index is 13.4. The highest BCUT2D eigenvalue weighted by Gasteiger charge is 2.47. The largest absolute Gasteiger partial charge is 0.507 e. The number of aliphatic hydroxyl groups is 1. The molecular weight excluding hydrogens is 470 g/mol. The molecule has 0 aliphatic carbocycles. The number of ketones is 1. The molecule has 2 aromatic carbocycles. The van der Waals surface area contributed by atoms with E-state index in [1.807, 2.05) is 0 Å². The fourth-order valence-electron chi connectivity index (χ4n) is 4.87. The van der Waals surface area contributed by atoms with E-state index in [0.29, 0.717) is 46.5 Å². The van der Waals surface area contributed by atoms with E-state index in [2.05, 4.69) is 0 Å². The first-order valence-corrected chi connectivity index (χ1v) is 11.6. The van der Waals surface area contributed by atoms with Gasteiger partial charge in [-0.15, -0.1) is 0 Å². The summed E-state index contributed by atoms with van der Waals surface area (Å²) in [6, 6.07) is 7.26. The zero-order chi connectivity index (χ0) is 25.4. The number of methoxy groups -OCH3 is 3. The van der Waals surface area contributed by atoms with Gasteiger partial charge in [0.15, 0.2) is 23.0 Å². The van der Waals surface area contributed by atoms with Crippen LogP contribution in [0.5, 0.6) is 28.7 Å². The highest BCUT2D eigenvalue weighted by molar-refractivity contribution is 6.46. The van der Waals surface area contributed by atoms with Gasteiger partial charge in [-0.3, -0.25) is 9.59 Å². The molecule has 0 bridgehead atoms. The molecule has 1 amide bonds. The van der Waals surface area contributed by atoms with E-state index in [0.717, 1.165) is 12.8 Å². The van der Waals surface area contributed by atoms with Gasteiger partial charge in [0.1, 0.15) is 5.76 Å². The molecule has 190 valence electrons. The molecule has 10 nitrogen and oxygen atoms in total. The van der Waals surface area contributed by atoms with Crippen molar-refractivity contribution in [3.05, 3.63) is 47.0 Å². The molecule has 3 aliphatic heterocycles. The Morgan fingerprint density at radius 1 is 1.03 bits per heavy atom. The number of aliphatic hydroxyl groups excluding tert-OH is 1. The second-order valence-corrected chi connectivity index (χ2v) is 8.61. The third kappa shape index (κ3) is 3.97. The highest BCUT2D eigenvalue weighted by Crippen LogP contribution is 2.48. The maximum atomic E-state index is 13.4. The lowest BCUT2D eigenvalue weighted by molar-refractivity contribution is -0.140. The number of hydrogen-bond donors (Lipinski definition) is 1. The number of Topliss-reactive ketones (excluding diaryl/α,β-unsaturated/α-hetero) is 1. The van der Waals surface area contributed by atoms with E-state index in [1.54, 1.807) is 30.3 Å². The third-order valence-electron chi connectivity index (χ3n) is 6.62. The quantitative estimate of drug-likeness (QED) is 0.350. The number of carbonyl (C=O) groups excluding carboxylic acids is 2. The first-order valence-electron chi connectivity index (χ1n) is 11.6. The summed E-state index contributed by atoms with van der Waals surface area (Å²) >= 11 is 0. The molecule has 3 aliphatic rings. The number of benzene rings is 2. The van der Waals surface area contributed by atoms with Gasteiger partial charge in [0.2, 0.25) is 12.5 Å². The summed E-state index contributed by atoms with van der Waals surface area (Å²) < 4.78 is 33.0. The molecule has 2 fully saturated rings. The smallest absolute Gasteiger partial charge is 0.295 e. The third-order valence-corrected chi connectivity index (χ3v) is 6.62. The summed E-state index contributed by atoms with van der Waals surface area (Å²) in [5, 5.41) is 11.4. The van der Waals surface area contributed by atoms with Crippen LogP contribution in [0, 0.1) is 0 Å². The van der Waals surface area contributed by atoms with Crippen molar-refractivity contribution < 1.29 is 43.1 Å². The van der Waals surface area contributed by atoms with E-state index < -0.39 is 17.7 Å². The van der Waals surface area contributed by atoms with Crippen molar-refractivity contribution in [2.45, 2.75) is 25.0 Å². The molecule has 1 N–H and O–H groups in total. The van der Waals surface area contributed by atoms with Crippen LogP contribution in [0.1, 0.15) is 30.0 Å². The number of nitrogens with zero attached hydrogens (tertiary/aromatic N) is 1. The van der Waals surface area contributed by atoms with Crippen molar-refractivity contribution in [2.75, 3.05) is 41.3 Å². The van der Waals surface area contributed by atoms with Crippen molar-refractivity contribution in [3.63, 3.8) is 0 Å². The van der Waals surface area contributed by atoms with Crippen LogP contribution < -0.4 is 23.7 Å². The molecule has 0 aromatic heterocycles. The zero-order valence-corrected chi connectivity index (χ0v) is 20.2. The summed E-state index contributed by atoms with van der Waals surface area (Å²) in [6.45, 7) is 0.828. The lowest BCUT2D eigenvalue weighted by Crippen LogP contribution is -2.36. The monoisotopic (exact) mass is 497 g/mol. The molecule has 36 heavy (non-hydrogen) atoms. The molecular formula is C26H27NO9. The summed E-state index contributed by atoms with van der Waals surface area (Å²) in [5.74, 6) is 0.271. The molecule has 0 spiro atoms. The SMILES string of the molecule is COc1ccc(C(O)=C2C(=O)C(=O)N(C[C@@H]3CCCO3)[C@H]2c2cc(OC)c3c(c2)OCO3)cc1OC. The predicted molar refractivity (Wildman–Crippen MR) is 127 cm³/mol. The van der Waals surface area contributed by atoms with Gasteiger partial charge < -0.3 is 38.4 Å². The van der Waals surface area contributed by atoms with Gasteiger partial charge in [0, 0.05) is 18.7 Å². The minimum absolute atomic E-state index is 0.0247. The molecule has 3 heterocycles. The second kappa shape index (κ2) is 9.62. The lowest BCUT2D eigenvalue weighted by Gasteiger charge is -2.28. The fraction of sp³-hybridized carbons (Fsp3) is 0.385. The summed E-state index contributed by atoms with van der Waals surface area (Å²) in [4.78, 5) is 28.1. The van der Waals surface area contributed by atoms with Gasteiger partial charge in [-0.05, 0) is 48.7 Å². The van der Waals surface area contributed by atoms with Crippen LogP contribution in [0.25, 0.3) is 5.76 Å². The average molecular weight is 498 g/mol. The second-order valence-electron chi connectivity index (χ2n) is 8.61. The van der Waals surface area contributed by atoms with Gasteiger partial charge in [-0.2, -0.15) is 0 Å². The summed E-state index contributed by atoms with van der Waals surface area (Å²) in [7, 11) is 4.47. The fourth-order valence-corrected chi connectivity index (χ4v) is 4.87. The Bertz CT molecular complexity index is 1230. The molecule has 2 saturated heterocycles. The average Bonchev–Trinajstić information content (AvgIpc) is 3.64. The van der Waals surface area contributed by atoms with Crippen LogP contribution in [0.15, 0.2) is 35.9 Å². The number of likely N-dealkylation sites (tertiary alicyclic amines) is 1. The van der Waals surface area contributed by atoms with E-state index in [-0.39, 0.29) is 30.8 Å². The molecule has 10 heteroatoms. The Balaban J connectivity index is 1.66. The predicted octanol–water partition coefficient (Wildman–Crippen LogP) is 3.04. The van der Waals surface area contributed by atoms with Crippen molar-refractivity contribution in [1.82, 2.24) is 4.90 Å². The van der Waals surface area contributed by atoms with Crippen LogP contribution in [0.2, 0.25) is 0 Å². The number of amides is 1. The van der Waals surface area contributed by atoms with Crippen molar-refractivity contribution >= 4 is 17.4 Å². The van der Waals surface area contributed by atoms with Gasteiger partial charge in [0.05, 0.1) is 39.0 Å². The first-order chi connectivity index (χ1) is 17.5. The number of ether oxygens (including phenoxy) is 6. The van der Waals surface area contributed by atoms with Gasteiger partial charge >= 0.3 is 0 Å². The Hall–Kier alpha value is -3.92. The Morgan fingerprint density at radius 2 is 1.81 bits per heavy atom. The van der Waals surface area contributed by atoms with Gasteiger partial charge in [-0.25, -0.2) is 0 Å². The van der Waals surface area contributed by atoms with Crippen LogP contribution in [0.3, 0.4) is 0 Å². The Labute approximate surface area is 207 Å². The zero-order valence-electron chi connectivity index (χ0n) is 20.2. The molecule has 0 saturated carbocycles. The minimum atomic E-state index is -0.898. The molecule has 0 radical (unpaired) electrons. The van der Waals surface area contributed by atoms with Crippen LogP contribution in [0.4, 0.5) is 0 Å². The molecule has 2 aromatic rings. The Morgan fingerprint density at radius 3 is 2.50 bits per heavy atom. The highest BCUT2D eigenvalue weighted by atomic mass is 16.7. The summed E-state index contributed by atoms with van der Waals surface area (Å²) in [6.07, 6.45) is 1.45. The van der Waals surface area contributed by atoms with Crippen LogP contribution in [-0.2, 0) is 14.3 Å². The topological polar surface area (TPSA) is 113 Å². The van der Waals surface area contributed by atoms with Gasteiger partial charge in [0.25, 0.3) is 11.7 Å². The number of rotatable bonds is 7. The van der Waals surface area contributed by atoms with Crippen LogP contribution >= 0.6 is 0 Å². The van der Waals surface area contributed by atoms with Crippen molar-refractivity contribution in [2.24, 2.45) is 0 Å². The van der Waals surface area contributed by atoms with E-state index in [9.17, 15) is 14.7 Å². The van der Waals surface area contributed by atoms with E-state index in [1.165, 1.54) is 26.2 Å². The normalized spacial score (nSPS) is 22.2. The minimum Gasteiger partial charge on any atom is -0.507 e. The van der Waals surface area contributed by atoms with Crippen LogP contribution in [-0.4, -0.2) is 69.1 Å². The maximum Gasteiger partial charge on any atom is 0.295 e. The first kappa shape index (κ1) is 23.8. The number of hydrogen-bond acceptors (Lipinski definition) is 9. The van der Waals surface area contributed by atoms with E-state index >= 15 is 0 Å². The molecule has 2 atom stereocenters. The van der Waals surface area contributed by atoms with Gasteiger partial charge in [-0.1, -0.05) is 0 Å².